The Morgan fingerprint density at radius 1 is 1.19 bits per heavy atom. The second-order valence-electron chi connectivity index (χ2n) is 4.23. The minimum atomic E-state index is -0.894. The lowest BCUT2D eigenvalue weighted by Crippen LogP contribution is -2.20. The van der Waals surface area contributed by atoms with Crippen molar-refractivity contribution in [2.45, 2.75) is 6.10 Å². The van der Waals surface area contributed by atoms with Crippen molar-refractivity contribution in [3.05, 3.63) is 64.7 Å². The maximum Gasteiger partial charge on any atom is 0.351 e. The number of aldehydes is 1. The second-order valence-corrected chi connectivity index (χ2v) is 4.64. The molecule has 0 saturated heterocycles. The number of ether oxygens (including phenoxy) is 2. The van der Waals surface area contributed by atoms with Gasteiger partial charge in [-0.2, -0.15) is 0 Å². The van der Waals surface area contributed by atoms with Gasteiger partial charge in [-0.15, -0.1) is 0 Å². The molecule has 0 radical (unpaired) electrons. The zero-order chi connectivity index (χ0) is 15.2. The van der Waals surface area contributed by atoms with Gasteiger partial charge in [0.15, 0.2) is 6.29 Å². The molecule has 2 aromatic carbocycles. The zero-order valence-corrected chi connectivity index (χ0v) is 12.0. The molecule has 2 aromatic rings. The minimum absolute atomic E-state index is 0.263. The number of carbonyl (C=O) groups is 2. The highest BCUT2D eigenvalue weighted by atomic mass is 35.5. The normalized spacial score (nSPS) is 11.5. The van der Waals surface area contributed by atoms with E-state index >= 15 is 0 Å². The number of esters is 1. The first-order chi connectivity index (χ1) is 10.2. The largest absolute Gasteiger partial charge is 0.474 e. The Morgan fingerprint density at radius 2 is 1.90 bits per heavy atom. The molecule has 1 unspecified atom stereocenters. The van der Waals surface area contributed by atoms with Crippen LogP contribution in [0, 0.1) is 0 Å². The predicted octanol–water partition coefficient (Wildman–Crippen LogP) is 3.45. The highest BCUT2D eigenvalue weighted by molar-refractivity contribution is 6.33. The molecule has 1 atom stereocenters. The van der Waals surface area contributed by atoms with Crippen molar-refractivity contribution in [1.82, 2.24) is 0 Å². The second kappa shape index (κ2) is 6.90. The molecule has 4 nitrogen and oxygen atoms in total. The van der Waals surface area contributed by atoms with E-state index in [2.05, 4.69) is 0 Å². The van der Waals surface area contributed by atoms with Crippen LogP contribution in [0.5, 0.6) is 5.75 Å². The van der Waals surface area contributed by atoms with Crippen molar-refractivity contribution in [2.24, 2.45) is 0 Å². The average molecular weight is 305 g/mol. The molecule has 0 N–H and O–H groups in total. The van der Waals surface area contributed by atoms with Crippen molar-refractivity contribution in [3.8, 4) is 5.75 Å². The molecule has 0 aliphatic carbocycles. The van der Waals surface area contributed by atoms with Crippen molar-refractivity contribution >= 4 is 23.9 Å². The van der Waals surface area contributed by atoms with Gasteiger partial charge in [0.1, 0.15) is 5.75 Å². The van der Waals surface area contributed by atoms with Crippen LogP contribution in [0.4, 0.5) is 0 Å². The van der Waals surface area contributed by atoms with E-state index in [4.69, 9.17) is 21.1 Å². The molecular weight excluding hydrogens is 292 g/mol. The Kier molecular flexibility index (Phi) is 4.95. The number of methoxy groups -OCH3 is 1. The van der Waals surface area contributed by atoms with Crippen molar-refractivity contribution in [2.75, 3.05) is 7.11 Å². The number of hydrogen-bond acceptors (Lipinski definition) is 4. The van der Waals surface area contributed by atoms with Crippen molar-refractivity contribution in [3.63, 3.8) is 0 Å². The molecular formula is C16H13ClO4. The summed E-state index contributed by atoms with van der Waals surface area (Å²) in [5.41, 5.74) is 1.03. The van der Waals surface area contributed by atoms with E-state index in [1.54, 1.807) is 30.3 Å². The summed E-state index contributed by atoms with van der Waals surface area (Å²) in [4.78, 5) is 22.6. The summed E-state index contributed by atoms with van der Waals surface area (Å²) in [5.74, 6) is -0.137. The van der Waals surface area contributed by atoms with Crippen LogP contribution < -0.4 is 4.74 Å². The molecule has 0 aromatic heterocycles. The first-order valence-electron chi connectivity index (χ1n) is 6.20. The number of benzene rings is 2. The molecule has 21 heavy (non-hydrogen) atoms. The van der Waals surface area contributed by atoms with Crippen LogP contribution in [0.2, 0.25) is 5.02 Å². The third kappa shape index (κ3) is 3.61. The van der Waals surface area contributed by atoms with Gasteiger partial charge in [-0.25, -0.2) is 4.79 Å². The van der Waals surface area contributed by atoms with Gasteiger partial charge >= 0.3 is 5.97 Å². The Labute approximate surface area is 127 Å². The summed E-state index contributed by atoms with van der Waals surface area (Å²) in [5, 5.41) is 0.263. The summed E-state index contributed by atoms with van der Waals surface area (Å²) in [6.45, 7) is 0. The van der Waals surface area contributed by atoms with Crippen LogP contribution in [-0.2, 0) is 9.53 Å². The summed E-state index contributed by atoms with van der Waals surface area (Å²) >= 11 is 5.95. The zero-order valence-electron chi connectivity index (χ0n) is 11.3. The molecule has 0 heterocycles. The van der Waals surface area contributed by atoms with E-state index in [1.165, 1.54) is 19.2 Å². The number of hydrogen-bond donors (Lipinski definition) is 0. The molecule has 0 bridgehead atoms. The molecule has 0 saturated carbocycles. The Bertz CT molecular complexity index is 640. The summed E-state index contributed by atoms with van der Waals surface area (Å²) < 4.78 is 10.4. The Morgan fingerprint density at radius 3 is 2.48 bits per heavy atom. The highest BCUT2D eigenvalue weighted by Crippen LogP contribution is 2.27. The monoisotopic (exact) mass is 304 g/mol. The Hall–Kier alpha value is -2.33. The van der Waals surface area contributed by atoms with E-state index < -0.39 is 12.1 Å². The van der Waals surface area contributed by atoms with Crippen LogP contribution >= 0.6 is 11.6 Å². The number of rotatable bonds is 5. The predicted molar refractivity (Wildman–Crippen MR) is 78.7 cm³/mol. The standard InChI is InChI=1S/C16H13ClO4/c1-20-16(19)15(11-5-3-2-4-6-11)21-13-8-7-12(10-18)14(17)9-13/h2-10,15H,1H3. The molecule has 0 fully saturated rings. The van der Waals surface area contributed by atoms with Gasteiger partial charge < -0.3 is 9.47 Å². The van der Waals surface area contributed by atoms with E-state index in [-0.39, 0.29) is 5.02 Å². The first kappa shape index (κ1) is 15.1. The maximum atomic E-state index is 11.9. The SMILES string of the molecule is COC(=O)C(Oc1ccc(C=O)c(Cl)c1)c1ccccc1. The lowest BCUT2D eigenvalue weighted by Gasteiger charge is -2.17. The van der Waals surface area contributed by atoms with Crippen molar-refractivity contribution < 1.29 is 19.1 Å². The van der Waals surface area contributed by atoms with Crippen LogP contribution in [0.3, 0.4) is 0 Å². The summed E-state index contributed by atoms with van der Waals surface area (Å²) in [6, 6.07) is 13.6. The van der Waals surface area contributed by atoms with Gasteiger partial charge in [-0.1, -0.05) is 41.9 Å². The number of halogens is 1. The van der Waals surface area contributed by atoms with Crippen LogP contribution in [-0.4, -0.2) is 19.4 Å². The molecule has 0 spiro atoms. The Balaban J connectivity index is 2.29. The molecule has 0 aliphatic rings. The van der Waals surface area contributed by atoms with E-state index in [1.807, 2.05) is 6.07 Å². The van der Waals surface area contributed by atoms with Crippen LogP contribution in [0.25, 0.3) is 0 Å². The summed E-state index contributed by atoms with van der Waals surface area (Å²) in [6.07, 6.45) is -0.240. The van der Waals surface area contributed by atoms with Gasteiger partial charge in [0.25, 0.3) is 0 Å². The lowest BCUT2D eigenvalue weighted by atomic mass is 10.1. The maximum absolute atomic E-state index is 11.9. The topological polar surface area (TPSA) is 52.6 Å². The molecule has 0 amide bonds. The van der Waals surface area contributed by atoms with Gasteiger partial charge in [-0.05, 0) is 18.2 Å². The van der Waals surface area contributed by atoms with E-state index in [9.17, 15) is 9.59 Å². The molecule has 5 heteroatoms. The highest BCUT2D eigenvalue weighted by Gasteiger charge is 2.23. The quantitative estimate of drug-likeness (QED) is 0.627. The average Bonchev–Trinajstić information content (AvgIpc) is 2.53. The molecule has 2 rings (SSSR count). The van der Waals surface area contributed by atoms with Gasteiger partial charge in [-0.3, -0.25) is 4.79 Å². The van der Waals surface area contributed by atoms with Crippen LogP contribution in [0.1, 0.15) is 22.0 Å². The van der Waals surface area contributed by atoms with E-state index in [0.29, 0.717) is 23.2 Å². The van der Waals surface area contributed by atoms with Crippen LogP contribution in [0.15, 0.2) is 48.5 Å². The first-order valence-corrected chi connectivity index (χ1v) is 6.57. The molecule has 108 valence electrons. The fourth-order valence-corrected chi connectivity index (χ4v) is 2.02. The fraction of sp³-hybridized carbons (Fsp3) is 0.125. The van der Waals surface area contributed by atoms with Gasteiger partial charge in [0, 0.05) is 11.1 Å². The third-order valence-corrected chi connectivity index (χ3v) is 3.20. The van der Waals surface area contributed by atoms with Crippen molar-refractivity contribution in [1.29, 1.82) is 0 Å². The van der Waals surface area contributed by atoms with Gasteiger partial charge in [0.2, 0.25) is 6.10 Å². The van der Waals surface area contributed by atoms with E-state index in [0.717, 1.165) is 0 Å². The lowest BCUT2D eigenvalue weighted by molar-refractivity contribution is -0.149. The smallest absolute Gasteiger partial charge is 0.351 e. The minimum Gasteiger partial charge on any atom is -0.474 e. The molecule has 0 aliphatic heterocycles. The number of carbonyl (C=O) groups excluding carboxylic acids is 2. The summed E-state index contributed by atoms with van der Waals surface area (Å²) in [7, 11) is 1.30. The fourth-order valence-electron chi connectivity index (χ4n) is 1.80. The van der Waals surface area contributed by atoms with Gasteiger partial charge in [0.05, 0.1) is 12.1 Å². The third-order valence-electron chi connectivity index (χ3n) is 2.87.